The van der Waals surface area contributed by atoms with Gasteiger partial charge in [0.1, 0.15) is 0 Å². The number of hydrogen-bond donors (Lipinski definition) is 0. The Labute approximate surface area is 84.0 Å². The summed E-state index contributed by atoms with van der Waals surface area (Å²) in [6.45, 7) is 6.49. The SMILES string of the molecule is CCCCCCC#C[Si](C)(C)OC. The first kappa shape index (κ1) is 12.7. The highest BCUT2D eigenvalue weighted by molar-refractivity contribution is 6.79. The minimum absolute atomic E-state index is 1.04. The molecule has 0 saturated heterocycles. The van der Waals surface area contributed by atoms with Crippen LogP contribution in [0, 0.1) is 11.5 Å². The lowest BCUT2D eigenvalue weighted by atomic mass is 10.2. The lowest BCUT2D eigenvalue weighted by molar-refractivity contribution is 0.417. The van der Waals surface area contributed by atoms with Gasteiger partial charge in [0.05, 0.1) is 0 Å². The number of unbranched alkanes of at least 4 members (excludes halogenated alkanes) is 4. The van der Waals surface area contributed by atoms with Crippen LogP contribution in [0.4, 0.5) is 0 Å². The first-order valence-corrected chi connectivity index (χ1v) is 8.08. The Morgan fingerprint density at radius 1 is 1.15 bits per heavy atom. The third-order valence-corrected chi connectivity index (χ3v) is 3.85. The molecule has 13 heavy (non-hydrogen) atoms. The van der Waals surface area contributed by atoms with E-state index in [-0.39, 0.29) is 0 Å². The standard InChI is InChI=1S/C11H22OSi/c1-5-6-7-8-9-10-11-13(3,4)12-2/h5-9H2,1-4H3. The van der Waals surface area contributed by atoms with Gasteiger partial charge < -0.3 is 4.43 Å². The van der Waals surface area contributed by atoms with Crippen LogP contribution in [0.3, 0.4) is 0 Å². The molecule has 0 fully saturated rings. The quantitative estimate of drug-likeness (QED) is 0.374. The second-order valence-corrected chi connectivity index (χ2v) is 7.51. The molecule has 0 aliphatic carbocycles. The summed E-state index contributed by atoms with van der Waals surface area (Å²) in [5, 5.41) is 0. The van der Waals surface area contributed by atoms with E-state index >= 15 is 0 Å². The van der Waals surface area contributed by atoms with Crippen LogP contribution in [-0.4, -0.2) is 15.4 Å². The Kier molecular flexibility index (Phi) is 7.03. The largest absolute Gasteiger partial charge is 0.409 e. The molecule has 0 N–H and O–H groups in total. The molecule has 0 aliphatic heterocycles. The zero-order chi connectivity index (χ0) is 10.2. The molecule has 0 spiro atoms. The van der Waals surface area contributed by atoms with E-state index in [0.717, 1.165) is 6.42 Å². The van der Waals surface area contributed by atoms with Crippen LogP contribution < -0.4 is 0 Å². The highest BCUT2D eigenvalue weighted by Crippen LogP contribution is 2.03. The van der Waals surface area contributed by atoms with E-state index in [2.05, 4.69) is 31.5 Å². The number of rotatable bonds is 5. The predicted molar refractivity (Wildman–Crippen MR) is 61.0 cm³/mol. The van der Waals surface area contributed by atoms with Crippen molar-refractivity contribution in [2.45, 2.75) is 52.1 Å². The highest BCUT2D eigenvalue weighted by atomic mass is 28.4. The summed E-state index contributed by atoms with van der Waals surface area (Å²) in [6.07, 6.45) is 6.24. The van der Waals surface area contributed by atoms with Crippen molar-refractivity contribution in [3.8, 4) is 11.5 Å². The van der Waals surface area contributed by atoms with Gasteiger partial charge in [-0.1, -0.05) is 31.7 Å². The molecule has 0 aromatic carbocycles. The Morgan fingerprint density at radius 2 is 1.85 bits per heavy atom. The second-order valence-electron chi connectivity index (χ2n) is 3.83. The summed E-state index contributed by atoms with van der Waals surface area (Å²) in [7, 11) is 0.155. The van der Waals surface area contributed by atoms with Gasteiger partial charge in [-0.25, -0.2) is 0 Å². The summed E-state index contributed by atoms with van der Waals surface area (Å²) >= 11 is 0. The molecule has 76 valence electrons. The van der Waals surface area contributed by atoms with Crippen molar-refractivity contribution >= 4 is 8.32 Å². The lowest BCUT2D eigenvalue weighted by Gasteiger charge is -2.10. The van der Waals surface area contributed by atoms with E-state index in [1.165, 1.54) is 25.7 Å². The first-order chi connectivity index (χ1) is 6.12. The van der Waals surface area contributed by atoms with E-state index < -0.39 is 8.32 Å². The maximum absolute atomic E-state index is 5.33. The molecule has 0 aromatic heterocycles. The molecule has 0 atom stereocenters. The number of hydrogen-bond acceptors (Lipinski definition) is 1. The topological polar surface area (TPSA) is 9.23 Å². The van der Waals surface area contributed by atoms with Crippen molar-refractivity contribution < 1.29 is 4.43 Å². The van der Waals surface area contributed by atoms with E-state index in [1.807, 2.05) is 0 Å². The second kappa shape index (κ2) is 7.17. The van der Waals surface area contributed by atoms with Crippen molar-refractivity contribution in [2.24, 2.45) is 0 Å². The third-order valence-electron chi connectivity index (χ3n) is 2.06. The Hall–Kier alpha value is -0.263. The average molecular weight is 198 g/mol. The third kappa shape index (κ3) is 8.08. The molecule has 0 unspecified atom stereocenters. The van der Waals surface area contributed by atoms with Crippen molar-refractivity contribution in [1.29, 1.82) is 0 Å². The monoisotopic (exact) mass is 198 g/mol. The normalized spacial score (nSPS) is 10.8. The van der Waals surface area contributed by atoms with Crippen LogP contribution in [-0.2, 0) is 4.43 Å². The van der Waals surface area contributed by atoms with Crippen LogP contribution in [0.1, 0.15) is 39.0 Å². The highest BCUT2D eigenvalue weighted by Gasteiger charge is 2.15. The molecule has 0 bridgehead atoms. The molecule has 0 saturated carbocycles. The van der Waals surface area contributed by atoms with Crippen LogP contribution in [0.25, 0.3) is 0 Å². The van der Waals surface area contributed by atoms with Crippen LogP contribution >= 0.6 is 0 Å². The van der Waals surface area contributed by atoms with Gasteiger partial charge in [0, 0.05) is 13.5 Å². The smallest absolute Gasteiger partial charge is 0.265 e. The molecule has 0 aliphatic rings. The van der Waals surface area contributed by atoms with Gasteiger partial charge in [-0.15, -0.1) is 5.92 Å². The molecule has 0 aromatic rings. The van der Waals surface area contributed by atoms with Gasteiger partial charge in [0.25, 0.3) is 8.32 Å². The zero-order valence-corrected chi connectivity index (χ0v) is 10.4. The van der Waals surface area contributed by atoms with Gasteiger partial charge in [-0.2, -0.15) is 0 Å². The van der Waals surface area contributed by atoms with E-state index in [0.29, 0.717) is 0 Å². The van der Waals surface area contributed by atoms with Crippen LogP contribution in [0.2, 0.25) is 13.1 Å². The van der Waals surface area contributed by atoms with Gasteiger partial charge in [-0.05, 0) is 19.5 Å². The lowest BCUT2D eigenvalue weighted by Crippen LogP contribution is -2.26. The molecule has 0 heterocycles. The van der Waals surface area contributed by atoms with Crippen molar-refractivity contribution in [2.75, 3.05) is 7.11 Å². The fourth-order valence-electron chi connectivity index (χ4n) is 0.967. The Balaban J connectivity index is 3.50. The Bertz CT molecular complexity index is 176. The molecule has 0 rings (SSSR count). The summed E-state index contributed by atoms with van der Waals surface area (Å²) in [4.78, 5) is 0. The van der Waals surface area contributed by atoms with Crippen LogP contribution in [0.15, 0.2) is 0 Å². The minimum Gasteiger partial charge on any atom is -0.409 e. The van der Waals surface area contributed by atoms with Gasteiger partial charge >= 0.3 is 0 Å². The molecular weight excluding hydrogens is 176 g/mol. The van der Waals surface area contributed by atoms with E-state index in [4.69, 9.17) is 4.43 Å². The van der Waals surface area contributed by atoms with Crippen LogP contribution in [0.5, 0.6) is 0 Å². The fourth-order valence-corrected chi connectivity index (χ4v) is 1.62. The summed E-state index contributed by atoms with van der Waals surface area (Å²) in [5.41, 5.74) is 3.25. The summed E-state index contributed by atoms with van der Waals surface area (Å²) in [5.74, 6) is 3.22. The van der Waals surface area contributed by atoms with E-state index in [9.17, 15) is 0 Å². The molecular formula is C11H22OSi. The minimum atomic E-state index is -1.61. The first-order valence-electron chi connectivity index (χ1n) is 5.17. The maximum Gasteiger partial charge on any atom is 0.265 e. The fraction of sp³-hybridized carbons (Fsp3) is 0.818. The molecule has 0 radical (unpaired) electrons. The van der Waals surface area contributed by atoms with Gasteiger partial charge in [0.2, 0.25) is 0 Å². The summed E-state index contributed by atoms with van der Waals surface area (Å²) < 4.78 is 5.33. The van der Waals surface area contributed by atoms with Crippen molar-refractivity contribution in [1.82, 2.24) is 0 Å². The van der Waals surface area contributed by atoms with Gasteiger partial charge in [0.15, 0.2) is 0 Å². The van der Waals surface area contributed by atoms with Crippen molar-refractivity contribution in [3.63, 3.8) is 0 Å². The zero-order valence-electron chi connectivity index (χ0n) is 9.44. The maximum atomic E-state index is 5.33. The van der Waals surface area contributed by atoms with Crippen molar-refractivity contribution in [3.05, 3.63) is 0 Å². The molecule has 2 heteroatoms. The molecule has 1 nitrogen and oxygen atoms in total. The van der Waals surface area contributed by atoms with E-state index in [1.54, 1.807) is 7.11 Å². The predicted octanol–water partition coefficient (Wildman–Crippen LogP) is 3.35. The average Bonchev–Trinajstić information content (AvgIpc) is 2.11. The summed E-state index contributed by atoms with van der Waals surface area (Å²) in [6, 6.07) is 0. The molecule has 0 amide bonds. The van der Waals surface area contributed by atoms with Gasteiger partial charge in [-0.3, -0.25) is 0 Å². The Morgan fingerprint density at radius 3 is 2.38 bits per heavy atom.